The number of hydrogen-bond donors (Lipinski definition) is 0. The zero-order valence-electron chi connectivity index (χ0n) is 16.9. The molecule has 0 saturated heterocycles. The summed E-state index contributed by atoms with van der Waals surface area (Å²) in [6, 6.07) is 7.24. The van der Waals surface area contributed by atoms with E-state index in [4.69, 9.17) is 4.74 Å². The summed E-state index contributed by atoms with van der Waals surface area (Å²) in [6.45, 7) is 9.96. The van der Waals surface area contributed by atoms with E-state index in [0.717, 1.165) is 17.1 Å². The number of aromatic nitrogens is 5. The monoisotopic (exact) mass is 393 g/mol. The number of benzene rings is 1. The Bertz CT molecular complexity index is 1350. The number of hydrogen-bond acceptors (Lipinski definition) is 4. The second-order valence-electron chi connectivity index (χ2n) is 6.98. The topological polar surface area (TPSA) is 75.5 Å². The molecule has 4 aromatic rings. The molecule has 29 heavy (non-hydrogen) atoms. The highest BCUT2D eigenvalue weighted by molar-refractivity contribution is 5.76. The van der Waals surface area contributed by atoms with Gasteiger partial charge < -0.3 is 4.74 Å². The second kappa shape index (κ2) is 6.80. The Morgan fingerprint density at radius 2 is 1.93 bits per heavy atom. The molecule has 8 heteroatoms. The maximum Gasteiger partial charge on any atom is 0.333 e. The van der Waals surface area contributed by atoms with Gasteiger partial charge >= 0.3 is 5.69 Å². The predicted molar refractivity (Wildman–Crippen MR) is 112 cm³/mol. The van der Waals surface area contributed by atoms with Crippen molar-refractivity contribution in [2.24, 2.45) is 7.05 Å². The lowest BCUT2D eigenvalue weighted by atomic mass is 10.3. The SMILES string of the molecule is C=C[C@H](C)n1c(=O)c2c(nc3n(-c4ccc(OCC)cc4)c(C)cn23)n(C)c1=O. The Morgan fingerprint density at radius 3 is 2.55 bits per heavy atom. The average molecular weight is 393 g/mol. The molecular formula is C21H23N5O3. The Hall–Kier alpha value is -3.55. The number of rotatable bonds is 5. The van der Waals surface area contributed by atoms with Crippen molar-refractivity contribution in [1.29, 1.82) is 0 Å². The average Bonchev–Trinajstić information content (AvgIpc) is 3.22. The maximum absolute atomic E-state index is 13.2. The van der Waals surface area contributed by atoms with Crippen LogP contribution in [0.15, 0.2) is 52.7 Å². The molecule has 0 saturated carbocycles. The van der Waals surface area contributed by atoms with Crippen LogP contribution in [0.4, 0.5) is 0 Å². The van der Waals surface area contributed by atoms with Crippen molar-refractivity contribution in [3.63, 3.8) is 0 Å². The number of ether oxygens (including phenoxy) is 1. The lowest BCUT2D eigenvalue weighted by Crippen LogP contribution is -2.40. The van der Waals surface area contributed by atoms with Crippen LogP contribution < -0.4 is 16.0 Å². The van der Waals surface area contributed by atoms with Gasteiger partial charge in [-0.05, 0) is 45.0 Å². The molecule has 0 aliphatic carbocycles. The van der Waals surface area contributed by atoms with Gasteiger partial charge in [-0.3, -0.25) is 22.9 Å². The van der Waals surface area contributed by atoms with Crippen LogP contribution in [0.1, 0.15) is 25.6 Å². The summed E-state index contributed by atoms with van der Waals surface area (Å²) in [6.07, 6.45) is 3.43. The van der Waals surface area contributed by atoms with Crippen LogP contribution in [-0.4, -0.2) is 29.7 Å². The molecule has 0 N–H and O–H groups in total. The minimum atomic E-state index is -0.426. The zero-order valence-corrected chi connectivity index (χ0v) is 16.9. The van der Waals surface area contributed by atoms with Crippen LogP contribution >= 0.6 is 0 Å². The van der Waals surface area contributed by atoms with Crippen molar-refractivity contribution in [2.45, 2.75) is 26.8 Å². The van der Waals surface area contributed by atoms with Gasteiger partial charge in [0.1, 0.15) is 5.75 Å². The molecule has 0 aliphatic rings. The molecule has 1 aromatic carbocycles. The van der Waals surface area contributed by atoms with Gasteiger partial charge in [0, 0.05) is 24.6 Å². The van der Waals surface area contributed by atoms with E-state index in [1.807, 2.05) is 48.9 Å². The predicted octanol–water partition coefficient (Wildman–Crippen LogP) is 2.59. The molecule has 0 fully saturated rings. The molecule has 0 amide bonds. The summed E-state index contributed by atoms with van der Waals surface area (Å²) >= 11 is 0. The molecule has 8 nitrogen and oxygen atoms in total. The van der Waals surface area contributed by atoms with Gasteiger partial charge in [0.05, 0.1) is 12.6 Å². The highest BCUT2D eigenvalue weighted by atomic mass is 16.5. The smallest absolute Gasteiger partial charge is 0.333 e. The van der Waals surface area contributed by atoms with Gasteiger partial charge in [0.15, 0.2) is 11.2 Å². The van der Waals surface area contributed by atoms with Gasteiger partial charge in [-0.2, -0.15) is 4.98 Å². The fourth-order valence-electron chi connectivity index (χ4n) is 3.62. The third-order valence-electron chi connectivity index (χ3n) is 5.13. The first-order valence-electron chi connectivity index (χ1n) is 9.46. The van der Waals surface area contributed by atoms with Crippen molar-refractivity contribution < 1.29 is 4.74 Å². The lowest BCUT2D eigenvalue weighted by molar-refractivity contribution is 0.340. The van der Waals surface area contributed by atoms with Gasteiger partial charge in [0.25, 0.3) is 5.56 Å². The molecular weight excluding hydrogens is 370 g/mol. The molecule has 4 rings (SSSR count). The van der Waals surface area contributed by atoms with E-state index in [0.29, 0.717) is 23.5 Å². The lowest BCUT2D eigenvalue weighted by Gasteiger charge is -2.11. The van der Waals surface area contributed by atoms with Gasteiger partial charge in [-0.15, -0.1) is 6.58 Å². The Morgan fingerprint density at radius 1 is 1.24 bits per heavy atom. The summed E-state index contributed by atoms with van der Waals surface area (Å²) < 4.78 is 11.8. The van der Waals surface area contributed by atoms with E-state index < -0.39 is 11.7 Å². The third-order valence-corrected chi connectivity index (χ3v) is 5.13. The second-order valence-corrected chi connectivity index (χ2v) is 6.98. The fraction of sp³-hybridized carbons (Fsp3) is 0.286. The molecule has 1 atom stereocenters. The molecule has 150 valence electrons. The van der Waals surface area contributed by atoms with Crippen LogP contribution in [0.3, 0.4) is 0 Å². The minimum Gasteiger partial charge on any atom is -0.494 e. The maximum atomic E-state index is 13.2. The summed E-state index contributed by atoms with van der Waals surface area (Å²) in [5.41, 5.74) is 1.72. The summed E-state index contributed by atoms with van der Waals surface area (Å²) in [7, 11) is 1.62. The van der Waals surface area contributed by atoms with Crippen LogP contribution in [0.25, 0.3) is 22.6 Å². The van der Waals surface area contributed by atoms with Crippen molar-refractivity contribution >= 4 is 16.9 Å². The van der Waals surface area contributed by atoms with Gasteiger partial charge in [-0.1, -0.05) is 6.08 Å². The Balaban J connectivity index is 2.04. The molecule has 0 aliphatic heterocycles. The first-order chi connectivity index (χ1) is 13.9. The zero-order chi connectivity index (χ0) is 20.9. The number of nitrogens with zero attached hydrogens (tertiary/aromatic N) is 5. The van der Waals surface area contributed by atoms with E-state index in [9.17, 15) is 9.59 Å². The number of fused-ring (bicyclic) bond motifs is 3. The van der Waals surface area contributed by atoms with E-state index in [1.165, 1.54) is 9.13 Å². The highest BCUT2D eigenvalue weighted by Gasteiger charge is 2.22. The van der Waals surface area contributed by atoms with Crippen LogP contribution in [0.2, 0.25) is 0 Å². The Labute approximate surface area is 166 Å². The first kappa shape index (κ1) is 18.8. The largest absolute Gasteiger partial charge is 0.494 e. The van der Waals surface area contributed by atoms with Crippen LogP contribution in [0, 0.1) is 6.92 Å². The minimum absolute atomic E-state index is 0.349. The van der Waals surface area contributed by atoms with E-state index in [1.54, 1.807) is 24.4 Å². The van der Waals surface area contributed by atoms with Gasteiger partial charge in [-0.25, -0.2) is 4.79 Å². The fourth-order valence-corrected chi connectivity index (χ4v) is 3.62. The van der Waals surface area contributed by atoms with E-state index in [2.05, 4.69) is 11.6 Å². The van der Waals surface area contributed by atoms with E-state index >= 15 is 0 Å². The van der Waals surface area contributed by atoms with Crippen LogP contribution in [-0.2, 0) is 7.05 Å². The Kier molecular flexibility index (Phi) is 4.41. The summed E-state index contributed by atoms with van der Waals surface area (Å²) in [5.74, 6) is 1.35. The molecule has 0 spiro atoms. The standard InChI is InChI=1S/C21H23N5O3/c1-6-13(3)26-19(27)17-18(23(5)21(26)28)22-20-24(17)12-14(4)25(20)15-8-10-16(11-9-15)29-7-2/h6,8-13H,1,7H2,2-5H3/t13-/m0/s1. The van der Waals surface area contributed by atoms with E-state index in [-0.39, 0.29) is 5.56 Å². The highest BCUT2D eigenvalue weighted by Crippen LogP contribution is 2.23. The normalized spacial score (nSPS) is 12.6. The quantitative estimate of drug-likeness (QED) is 0.489. The summed E-state index contributed by atoms with van der Waals surface area (Å²) in [5, 5.41) is 0. The number of allylic oxidation sites excluding steroid dienone is 1. The third kappa shape index (κ3) is 2.71. The molecule has 0 radical (unpaired) electrons. The molecule has 3 aromatic heterocycles. The van der Waals surface area contributed by atoms with Crippen molar-refractivity contribution in [3.8, 4) is 11.4 Å². The van der Waals surface area contributed by atoms with Crippen molar-refractivity contribution in [2.75, 3.05) is 6.61 Å². The molecule has 0 unspecified atom stereocenters. The molecule has 3 heterocycles. The molecule has 0 bridgehead atoms. The van der Waals surface area contributed by atoms with Gasteiger partial charge in [0.2, 0.25) is 5.78 Å². The first-order valence-corrected chi connectivity index (χ1v) is 9.46. The number of imidazole rings is 2. The van der Waals surface area contributed by atoms with Crippen LogP contribution in [0.5, 0.6) is 5.75 Å². The van der Waals surface area contributed by atoms with Crippen molar-refractivity contribution in [3.05, 3.63) is 69.6 Å². The number of aryl methyl sites for hydroxylation is 2. The summed E-state index contributed by atoms with van der Waals surface area (Å²) in [4.78, 5) is 30.5. The van der Waals surface area contributed by atoms with Crippen molar-refractivity contribution in [1.82, 2.24) is 23.1 Å².